The van der Waals surface area contributed by atoms with Crippen molar-refractivity contribution < 1.29 is 9.53 Å². The van der Waals surface area contributed by atoms with Crippen LogP contribution in [0.25, 0.3) is 0 Å². The number of hydrogen-bond acceptors (Lipinski definition) is 4. The molecule has 0 saturated carbocycles. The third-order valence-corrected chi connectivity index (χ3v) is 5.24. The first-order valence-electron chi connectivity index (χ1n) is 9.41. The molecule has 26 heavy (non-hydrogen) atoms. The molecular weight excluding hydrogens is 326 g/mol. The lowest BCUT2D eigenvalue weighted by Crippen LogP contribution is -2.42. The second kappa shape index (κ2) is 7.87. The second-order valence-corrected chi connectivity index (χ2v) is 7.10. The number of nitrogens with zero attached hydrogens (tertiary/aromatic N) is 3. The van der Waals surface area contributed by atoms with Crippen molar-refractivity contribution >= 4 is 5.91 Å². The van der Waals surface area contributed by atoms with Crippen molar-refractivity contribution in [3.05, 3.63) is 59.9 Å². The van der Waals surface area contributed by atoms with Gasteiger partial charge in [-0.3, -0.25) is 14.7 Å². The predicted octanol–water partition coefficient (Wildman–Crippen LogP) is 2.37. The zero-order valence-corrected chi connectivity index (χ0v) is 15.0. The molecule has 1 amide bonds. The van der Waals surface area contributed by atoms with Crippen molar-refractivity contribution in [1.82, 2.24) is 14.8 Å². The van der Waals surface area contributed by atoms with E-state index in [0.29, 0.717) is 6.61 Å². The van der Waals surface area contributed by atoms with Crippen LogP contribution < -0.4 is 4.74 Å². The average Bonchev–Trinajstić information content (AvgIpc) is 2.93. The van der Waals surface area contributed by atoms with Crippen LogP contribution in [0.4, 0.5) is 0 Å². The van der Waals surface area contributed by atoms with E-state index in [1.807, 2.05) is 41.4 Å². The molecule has 1 aromatic heterocycles. The number of pyridine rings is 1. The number of amides is 1. The zero-order valence-electron chi connectivity index (χ0n) is 15.0. The first kappa shape index (κ1) is 17.0. The molecule has 1 atom stereocenters. The minimum Gasteiger partial charge on any atom is -0.492 e. The van der Waals surface area contributed by atoms with Crippen LogP contribution in [-0.2, 0) is 17.8 Å². The highest BCUT2D eigenvalue weighted by atomic mass is 16.5. The standard InChI is InChI=1S/C21H25N3O2/c25-21(18-14-17-6-1-2-8-20(17)26-16-18)24-11-5-10-23(12-13-24)15-19-7-3-4-9-22-19/h1-4,6-9,18H,5,10-16H2/t18-/m1/s1. The van der Waals surface area contributed by atoms with Gasteiger partial charge in [-0.15, -0.1) is 0 Å². The largest absolute Gasteiger partial charge is 0.492 e. The fourth-order valence-electron chi connectivity index (χ4n) is 3.82. The summed E-state index contributed by atoms with van der Waals surface area (Å²) in [6.45, 7) is 4.85. The molecular formula is C21H25N3O2. The third-order valence-electron chi connectivity index (χ3n) is 5.24. The van der Waals surface area contributed by atoms with Crippen LogP contribution in [0, 0.1) is 5.92 Å². The van der Waals surface area contributed by atoms with Gasteiger partial charge in [0, 0.05) is 38.9 Å². The SMILES string of the molecule is O=C([C@H]1COc2ccccc2C1)N1CCCN(Cc2ccccn2)CC1. The number of ether oxygens (including phenoxy) is 1. The number of rotatable bonds is 3. The normalized spacial score (nSPS) is 20.8. The minimum absolute atomic E-state index is 0.0627. The number of fused-ring (bicyclic) bond motifs is 1. The Morgan fingerprint density at radius 3 is 2.85 bits per heavy atom. The quantitative estimate of drug-likeness (QED) is 0.852. The van der Waals surface area contributed by atoms with Gasteiger partial charge in [0.1, 0.15) is 12.4 Å². The Morgan fingerprint density at radius 1 is 1.08 bits per heavy atom. The molecule has 0 spiro atoms. The van der Waals surface area contributed by atoms with Crippen molar-refractivity contribution in [2.75, 3.05) is 32.8 Å². The summed E-state index contributed by atoms with van der Waals surface area (Å²) in [6.07, 6.45) is 3.62. The molecule has 1 saturated heterocycles. The van der Waals surface area contributed by atoms with Crippen LogP contribution in [0.5, 0.6) is 5.75 Å². The van der Waals surface area contributed by atoms with Gasteiger partial charge >= 0.3 is 0 Å². The van der Waals surface area contributed by atoms with Crippen LogP contribution >= 0.6 is 0 Å². The van der Waals surface area contributed by atoms with Gasteiger partial charge in [-0.2, -0.15) is 0 Å². The summed E-state index contributed by atoms with van der Waals surface area (Å²) >= 11 is 0. The van der Waals surface area contributed by atoms with E-state index >= 15 is 0 Å². The summed E-state index contributed by atoms with van der Waals surface area (Å²) in [5.41, 5.74) is 2.23. The fraction of sp³-hybridized carbons (Fsp3) is 0.429. The molecule has 136 valence electrons. The number of hydrogen-bond donors (Lipinski definition) is 0. The molecule has 2 aromatic rings. The van der Waals surface area contributed by atoms with Crippen LogP contribution in [0.3, 0.4) is 0 Å². The Bertz CT molecular complexity index is 750. The molecule has 0 radical (unpaired) electrons. The predicted molar refractivity (Wildman–Crippen MR) is 99.8 cm³/mol. The maximum absolute atomic E-state index is 13.0. The second-order valence-electron chi connectivity index (χ2n) is 7.10. The van der Waals surface area contributed by atoms with E-state index < -0.39 is 0 Å². The Labute approximate surface area is 154 Å². The molecule has 2 aliphatic rings. The molecule has 0 aliphatic carbocycles. The maximum atomic E-state index is 13.0. The van der Waals surface area contributed by atoms with Crippen molar-refractivity contribution in [1.29, 1.82) is 0 Å². The molecule has 0 bridgehead atoms. The topological polar surface area (TPSA) is 45.7 Å². The van der Waals surface area contributed by atoms with Crippen molar-refractivity contribution in [3.63, 3.8) is 0 Å². The summed E-state index contributed by atoms with van der Waals surface area (Å²) in [5, 5.41) is 0. The summed E-state index contributed by atoms with van der Waals surface area (Å²) in [6, 6.07) is 14.1. The molecule has 4 rings (SSSR count). The van der Waals surface area contributed by atoms with E-state index in [1.54, 1.807) is 0 Å². The number of aromatic nitrogens is 1. The smallest absolute Gasteiger partial charge is 0.229 e. The number of para-hydroxylation sites is 1. The Hall–Kier alpha value is -2.40. The first-order valence-corrected chi connectivity index (χ1v) is 9.41. The molecule has 5 heteroatoms. The van der Waals surface area contributed by atoms with Crippen molar-refractivity contribution in [2.45, 2.75) is 19.4 Å². The van der Waals surface area contributed by atoms with Gasteiger partial charge in [-0.25, -0.2) is 0 Å². The van der Waals surface area contributed by atoms with Crippen molar-refractivity contribution in [3.8, 4) is 5.75 Å². The van der Waals surface area contributed by atoms with Gasteiger partial charge in [-0.05, 0) is 36.6 Å². The zero-order chi connectivity index (χ0) is 17.8. The van der Waals surface area contributed by atoms with E-state index in [0.717, 1.165) is 62.6 Å². The fourth-order valence-corrected chi connectivity index (χ4v) is 3.82. The van der Waals surface area contributed by atoms with E-state index in [4.69, 9.17) is 4.74 Å². The lowest BCUT2D eigenvalue weighted by molar-refractivity contribution is -0.136. The van der Waals surface area contributed by atoms with Gasteiger partial charge in [0.2, 0.25) is 5.91 Å². The van der Waals surface area contributed by atoms with Crippen LogP contribution in [0.1, 0.15) is 17.7 Å². The lowest BCUT2D eigenvalue weighted by atomic mass is 9.95. The van der Waals surface area contributed by atoms with Gasteiger partial charge in [0.05, 0.1) is 11.6 Å². The van der Waals surface area contributed by atoms with Crippen molar-refractivity contribution in [2.24, 2.45) is 5.92 Å². The van der Waals surface area contributed by atoms with Gasteiger partial charge < -0.3 is 9.64 Å². The van der Waals surface area contributed by atoms with Crippen LogP contribution in [-0.4, -0.2) is 53.5 Å². The number of carbonyl (C=O) groups excluding carboxylic acids is 1. The lowest BCUT2D eigenvalue weighted by Gasteiger charge is -2.29. The minimum atomic E-state index is -0.0627. The van der Waals surface area contributed by atoms with E-state index in [9.17, 15) is 4.79 Å². The van der Waals surface area contributed by atoms with E-state index in [2.05, 4.69) is 22.0 Å². The molecule has 5 nitrogen and oxygen atoms in total. The molecule has 0 unspecified atom stereocenters. The highest BCUT2D eigenvalue weighted by Gasteiger charge is 2.30. The molecule has 0 N–H and O–H groups in total. The highest BCUT2D eigenvalue weighted by molar-refractivity contribution is 5.79. The van der Waals surface area contributed by atoms with Crippen LogP contribution in [0.15, 0.2) is 48.7 Å². The summed E-state index contributed by atoms with van der Waals surface area (Å²) in [4.78, 5) is 21.8. The van der Waals surface area contributed by atoms with E-state index in [1.165, 1.54) is 0 Å². The molecule has 2 aliphatic heterocycles. The highest BCUT2D eigenvalue weighted by Crippen LogP contribution is 2.28. The van der Waals surface area contributed by atoms with Gasteiger partial charge in [0.15, 0.2) is 0 Å². The summed E-state index contributed by atoms with van der Waals surface area (Å²) in [7, 11) is 0. The molecule has 3 heterocycles. The Morgan fingerprint density at radius 2 is 1.96 bits per heavy atom. The monoisotopic (exact) mass is 351 g/mol. The Balaban J connectivity index is 1.35. The maximum Gasteiger partial charge on any atom is 0.229 e. The molecule has 1 fully saturated rings. The number of benzene rings is 1. The van der Waals surface area contributed by atoms with Gasteiger partial charge in [0.25, 0.3) is 0 Å². The summed E-state index contributed by atoms with van der Waals surface area (Å²) in [5.74, 6) is 1.10. The number of carbonyl (C=O) groups is 1. The van der Waals surface area contributed by atoms with Gasteiger partial charge in [-0.1, -0.05) is 24.3 Å². The van der Waals surface area contributed by atoms with Crippen LogP contribution in [0.2, 0.25) is 0 Å². The average molecular weight is 351 g/mol. The van der Waals surface area contributed by atoms with E-state index in [-0.39, 0.29) is 11.8 Å². The first-order chi connectivity index (χ1) is 12.8. The molecule has 1 aromatic carbocycles. The summed E-state index contributed by atoms with van der Waals surface area (Å²) < 4.78 is 5.81. The Kier molecular flexibility index (Phi) is 5.16. The third kappa shape index (κ3) is 3.88.